The van der Waals surface area contributed by atoms with E-state index >= 15 is 0 Å². The molecular formula is C18H23ClN4O3. The molecule has 0 aliphatic carbocycles. The van der Waals surface area contributed by atoms with Gasteiger partial charge in [-0.05, 0) is 43.5 Å². The Kier molecular flexibility index (Phi) is 6.11. The van der Waals surface area contributed by atoms with Crippen molar-refractivity contribution in [2.45, 2.75) is 45.2 Å². The number of carbonyl (C=O) groups is 1. The molecule has 0 saturated carbocycles. The van der Waals surface area contributed by atoms with E-state index in [0.717, 1.165) is 25.9 Å². The number of hydrogen-bond acceptors (Lipinski definition) is 4. The van der Waals surface area contributed by atoms with Crippen LogP contribution in [0.15, 0.2) is 29.1 Å². The third-order valence-corrected chi connectivity index (χ3v) is 4.56. The van der Waals surface area contributed by atoms with Gasteiger partial charge in [0.15, 0.2) is 0 Å². The zero-order valence-electron chi connectivity index (χ0n) is 14.8. The van der Waals surface area contributed by atoms with Gasteiger partial charge in [-0.2, -0.15) is 4.68 Å². The Morgan fingerprint density at radius 1 is 1.38 bits per heavy atom. The van der Waals surface area contributed by atoms with Crippen molar-refractivity contribution in [3.05, 3.63) is 45.6 Å². The lowest BCUT2D eigenvalue weighted by atomic mass is 10.1. The zero-order chi connectivity index (χ0) is 18.5. The summed E-state index contributed by atoms with van der Waals surface area (Å²) in [6.45, 7) is 3.22. The molecule has 1 N–H and O–H groups in total. The van der Waals surface area contributed by atoms with Crippen LogP contribution in [0, 0.1) is 0 Å². The maximum atomic E-state index is 12.8. The number of ether oxygens (including phenoxy) is 1. The molecular weight excluding hydrogens is 356 g/mol. The smallest absolute Gasteiger partial charge is 0.351 e. The lowest BCUT2D eigenvalue weighted by Crippen LogP contribution is -2.43. The molecule has 0 unspecified atom stereocenters. The van der Waals surface area contributed by atoms with Crippen molar-refractivity contribution in [3.8, 4) is 5.69 Å². The number of carbonyl (C=O) groups excluding carboxylic acids is 1. The van der Waals surface area contributed by atoms with E-state index in [1.54, 1.807) is 24.3 Å². The summed E-state index contributed by atoms with van der Waals surface area (Å²) in [5.41, 5.74) is 0.294. The van der Waals surface area contributed by atoms with Crippen LogP contribution in [0.5, 0.6) is 0 Å². The minimum atomic E-state index is -0.328. The quantitative estimate of drug-likeness (QED) is 0.833. The molecule has 0 spiro atoms. The van der Waals surface area contributed by atoms with Gasteiger partial charge in [0, 0.05) is 18.1 Å². The van der Waals surface area contributed by atoms with E-state index in [9.17, 15) is 9.59 Å². The van der Waals surface area contributed by atoms with Crippen LogP contribution in [-0.2, 0) is 22.5 Å². The first-order valence-corrected chi connectivity index (χ1v) is 9.28. The van der Waals surface area contributed by atoms with Crippen LogP contribution in [0.2, 0.25) is 5.02 Å². The Balaban J connectivity index is 1.81. The number of hydrogen-bond donors (Lipinski definition) is 1. The summed E-state index contributed by atoms with van der Waals surface area (Å²) in [5, 5.41) is 7.95. The first-order valence-electron chi connectivity index (χ1n) is 8.90. The van der Waals surface area contributed by atoms with E-state index in [2.05, 4.69) is 10.4 Å². The first kappa shape index (κ1) is 18.7. The molecule has 0 radical (unpaired) electrons. The minimum Gasteiger partial charge on any atom is -0.379 e. The van der Waals surface area contributed by atoms with Crippen molar-refractivity contribution in [1.82, 2.24) is 19.7 Å². The molecule has 1 amide bonds. The van der Waals surface area contributed by atoms with Gasteiger partial charge in [-0.15, -0.1) is 5.10 Å². The summed E-state index contributed by atoms with van der Waals surface area (Å²) in [7, 11) is 0. The van der Waals surface area contributed by atoms with Crippen molar-refractivity contribution in [1.29, 1.82) is 0 Å². The first-order chi connectivity index (χ1) is 12.6. The van der Waals surface area contributed by atoms with Crippen LogP contribution in [-0.4, -0.2) is 39.5 Å². The van der Waals surface area contributed by atoms with Gasteiger partial charge in [0.05, 0.1) is 18.3 Å². The van der Waals surface area contributed by atoms with Crippen LogP contribution in [0.25, 0.3) is 5.69 Å². The number of aromatic nitrogens is 3. The van der Waals surface area contributed by atoms with Gasteiger partial charge >= 0.3 is 5.69 Å². The van der Waals surface area contributed by atoms with Crippen LogP contribution in [0.4, 0.5) is 0 Å². The molecule has 1 aliphatic rings. The number of amides is 1. The Bertz CT molecular complexity index is 807. The molecule has 8 heteroatoms. The summed E-state index contributed by atoms with van der Waals surface area (Å²) < 4.78 is 8.14. The Morgan fingerprint density at radius 2 is 2.15 bits per heavy atom. The molecule has 3 rings (SSSR count). The van der Waals surface area contributed by atoms with Crippen LogP contribution in [0.1, 0.15) is 32.0 Å². The van der Waals surface area contributed by atoms with E-state index < -0.39 is 0 Å². The monoisotopic (exact) mass is 378 g/mol. The number of rotatable bonds is 6. The summed E-state index contributed by atoms with van der Waals surface area (Å²) in [6.07, 6.45) is 3.28. The Labute approximate surface area is 156 Å². The van der Waals surface area contributed by atoms with Gasteiger partial charge in [0.2, 0.25) is 5.91 Å². The molecule has 0 bridgehead atoms. The summed E-state index contributed by atoms with van der Waals surface area (Å²) in [4.78, 5) is 25.2. The molecule has 26 heavy (non-hydrogen) atoms. The lowest BCUT2D eigenvalue weighted by Gasteiger charge is -2.23. The number of nitrogens with zero attached hydrogens (tertiary/aromatic N) is 3. The average molecular weight is 379 g/mol. The molecule has 2 heterocycles. The van der Waals surface area contributed by atoms with Crippen LogP contribution < -0.4 is 11.0 Å². The second kappa shape index (κ2) is 8.51. The van der Waals surface area contributed by atoms with Crippen molar-refractivity contribution in [2.24, 2.45) is 0 Å². The van der Waals surface area contributed by atoms with E-state index in [-0.39, 0.29) is 24.2 Å². The SMILES string of the molecule is CCCc1nn(-c2ccc(Cl)cc2)c(=O)n1CC(=O)N[C@H]1CCCOC1. The highest BCUT2D eigenvalue weighted by atomic mass is 35.5. The van der Waals surface area contributed by atoms with Gasteiger partial charge < -0.3 is 10.1 Å². The fourth-order valence-electron chi connectivity index (χ4n) is 3.03. The maximum absolute atomic E-state index is 12.8. The van der Waals surface area contributed by atoms with E-state index in [1.165, 1.54) is 9.25 Å². The number of halogens is 1. The molecule has 1 aromatic carbocycles. The Hall–Kier alpha value is -2.12. The summed E-state index contributed by atoms with van der Waals surface area (Å²) in [6, 6.07) is 6.88. The van der Waals surface area contributed by atoms with Crippen LogP contribution >= 0.6 is 11.6 Å². The normalized spacial score (nSPS) is 17.2. The van der Waals surface area contributed by atoms with Gasteiger partial charge in [-0.3, -0.25) is 9.36 Å². The van der Waals surface area contributed by atoms with Gasteiger partial charge in [-0.25, -0.2) is 4.79 Å². The molecule has 1 aromatic heterocycles. The highest BCUT2D eigenvalue weighted by molar-refractivity contribution is 6.30. The fourth-order valence-corrected chi connectivity index (χ4v) is 3.15. The predicted octanol–water partition coefficient (Wildman–Crippen LogP) is 1.94. The van der Waals surface area contributed by atoms with Crippen molar-refractivity contribution in [2.75, 3.05) is 13.2 Å². The lowest BCUT2D eigenvalue weighted by molar-refractivity contribution is -0.123. The molecule has 2 aromatic rings. The second-order valence-electron chi connectivity index (χ2n) is 6.40. The number of nitrogens with one attached hydrogen (secondary N) is 1. The minimum absolute atomic E-state index is 0.00730. The molecule has 1 aliphatic heterocycles. The molecule has 1 fully saturated rings. The standard InChI is InChI=1S/C18H23ClN4O3/c1-2-4-16-21-23(15-8-6-13(19)7-9-15)18(25)22(16)11-17(24)20-14-5-3-10-26-12-14/h6-9,14H,2-5,10-12H2,1H3,(H,20,24)/t14-/m0/s1. The molecule has 1 atom stereocenters. The van der Waals surface area contributed by atoms with E-state index in [0.29, 0.717) is 29.6 Å². The van der Waals surface area contributed by atoms with Crippen LogP contribution in [0.3, 0.4) is 0 Å². The average Bonchev–Trinajstić information content (AvgIpc) is 2.93. The van der Waals surface area contributed by atoms with E-state index in [1.807, 2.05) is 6.92 Å². The van der Waals surface area contributed by atoms with Crippen molar-refractivity contribution in [3.63, 3.8) is 0 Å². The fraction of sp³-hybridized carbons (Fsp3) is 0.500. The van der Waals surface area contributed by atoms with Crippen molar-refractivity contribution < 1.29 is 9.53 Å². The van der Waals surface area contributed by atoms with E-state index in [4.69, 9.17) is 16.3 Å². The highest BCUT2D eigenvalue weighted by Crippen LogP contribution is 2.12. The van der Waals surface area contributed by atoms with Gasteiger partial charge in [-0.1, -0.05) is 18.5 Å². The highest BCUT2D eigenvalue weighted by Gasteiger charge is 2.20. The predicted molar refractivity (Wildman–Crippen MR) is 98.8 cm³/mol. The topological polar surface area (TPSA) is 78.2 Å². The molecule has 140 valence electrons. The number of benzene rings is 1. The van der Waals surface area contributed by atoms with Gasteiger partial charge in [0.1, 0.15) is 12.4 Å². The summed E-state index contributed by atoms with van der Waals surface area (Å²) >= 11 is 5.91. The maximum Gasteiger partial charge on any atom is 0.351 e. The third kappa shape index (κ3) is 4.34. The Morgan fingerprint density at radius 3 is 2.81 bits per heavy atom. The zero-order valence-corrected chi connectivity index (χ0v) is 15.5. The third-order valence-electron chi connectivity index (χ3n) is 4.31. The number of aryl methyl sites for hydroxylation is 1. The largest absolute Gasteiger partial charge is 0.379 e. The van der Waals surface area contributed by atoms with Crippen molar-refractivity contribution >= 4 is 17.5 Å². The summed E-state index contributed by atoms with van der Waals surface area (Å²) in [5.74, 6) is 0.401. The second-order valence-corrected chi connectivity index (χ2v) is 6.84. The molecule has 7 nitrogen and oxygen atoms in total. The molecule has 1 saturated heterocycles. The van der Waals surface area contributed by atoms with Gasteiger partial charge in [0.25, 0.3) is 0 Å².